The number of rotatable bonds is 5. The fourth-order valence-corrected chi connectivity index (χ4v) is 2.69. The predicted molar refractivity (Wildman–Crippen MR) is 88.7 cm³/mol. The van der Waals surface area contributed by atoms with E-state index >= 15 is 0 Å². The van der Waals surface area contributed by atoms with E-state index in [2.05, 4.69) is 25.6 Å². The van der Waals surface area contributed by atoms with Crippen LogP contribution in [-0.2, 0) is 13.1 Å². The highest BCUT2D eigenvalue weighted by molar-refractivity contribution is 7.08. The van der Waals surface area contributed by atoms with E-state index in [0.29, 0.717) is 13.1 Å². The summed E-state index contributed by atoms with van der Waals surface area (Å²) in [6.07, 6.45) is 6.67. The fraction of sp³-hybridized carbons (Fsp3) is 0.125. The van der Waals surface area contributed by atoms with Crippen molar-refractivity contribution in [2.24, 2.45) is 0 Å². The van der Waals surface area contributed by atoms with Crippen LogP contribution in [0.3, 0.4) is 0 Å². The van der Waals surface area contributed by atoms with Gasteiger partial charge in [-0.3, -0.25) is 15.0 Å². The van der Waals surface area contributed by atoms with Gasteiger partial charge in [0, 0.05) is 42.3 Å². The third-order valence-corrected chi connectivity index (χ3v) is 3.87. The first-order valence-corrected chi connectivity index (χ1v) is 8.00. The largest absolute Gasteiger partial charge is 0.334 e. The Morgan fingerprint density at radius 2 is 1.78 bits per heavy atom. The van der Waals surface area contributed by atoms with Gasteiger partial charge in [0.15, 0.2) is 0 Å². The monoisotopic (exact) mass is 325 g/mol. The molecule has 0 bridgehead atoms. The van der Waals surface area contributed by atoms with E-state index in [9.17, 15) is 4.79 Å². The second kappa shape index (κ2) is 7.46. The molecule has 0 aliphatic carbocycles. The lowest BCUT2D eigenvalue weighted by molar-refractivity contribution is 0.240. The Morgan fingerprint density at radius 1 is 1.00 bits per heavy atom. The van der Waals surface area contributed by atoms with Crippen molar-refractivity contribution < 1.29 is 4.79 Å². The van der Waals surface area contributed by atoms with Crippen LogP contribution in [0.15, 0.2) is 53.7 Å². The molecule has 2 N–H and O–H groups in total. The standard InChI is InChI=1S/C16H15N5OS/c22-16(20-9-12-1-4-17-5-2-12)21-10-14-15(19-7-6-18-14)13-3-8-23-11-13/h1-8,11H,9-10H2,(H2,20,21,22). The maximum Gasteiger partial charge on any atom is 0.315 e. The molecule has 3 aromatic heterocycles. The summed E-state index contributed by atoms with van der Waals surface area (Å²) in [5, 5.41) is 9.61. The highest BCUT2D eigenvalue weighted by atomic mass is 32.1. The van der Waals surface area contributed by atoms with Gasteiger partial charge in [-0.1, -0.05) is 0 Å². The van der Waals surface area contributed by atoms with Crippen LogP contribution in [0, 0.1) is 0 Å². The minimum Gasteiger partial charge on any atom is -0.334 e. The molecular weight excluding hydrogens is 310 g/mol. The molecule has 7 heteroatoms. The number of thiophene rings is 1. The first kappa shape index (κ1) is 15.1. The third kappa shape index (κ3) is 4.10. The van der Waals surface area contributed by atoms with Gasteiger partial charge in [-0.15, -0.1) is 0 Å². The number of hydrogen-bond acceptors (Lipinski definition) is 5. The molecule has 0 saturated heterocycles. The molecule has 0 aliphatic rings. The minimum absolute atomic E-state index is 0.247. The molecule has 3 aromatic rings. The maximum atomic E-state index is 11.9. The van der Waals surface area contributed by atoms with E-state index in [1.807, 2.05) is 29.0 Å². The van der Waals surface area contributed by atoms with E-state index in [0.717, 1.165) is 22.5 Å². The van der Waals surface area contributed by atoms with Crippen LogP contribution >= 0.6 is 11.3 Å². The number of nitrogens with one attached hydrogen (secondary N) is 2. The molecule has 3 rings (SSSR count). The number of aromatic nitrogens is 3. The molecule has 2 amide bonds. The summed E-state index contributed by atoms with van der Waals surface area (Å²) in [5.41, 5.74) is 3.54. The number of hydrogen-bond donors (Lipinski definition) is 2. The normalized spacial score (nSPS) is 10.3. The zero-order chi connectivity index (χ0) is 15.9. The smallest absolute Gasteiger partial charge is 0.315 e. The lowest BCUT2D eigenvalue weighted by atomic mass is 10.2. The Labute approximate surface area is 137 Å². The first-order valence-electron chi connectivity index (χ1n) is 7.06. The molecule has 23 heavy (non-hydrogen) atoms. The summed E-state index contributed by atoms with van der Waals surface area (Å²) in [4.78, 5) is 24.5. The van der Waals surface area contributed by atoms with Crippen molar-refractivity contribution >= 4 is 17.4 Å². The number of urea groups is 1. The minimum atomic E-state index is -0.247. The van der Waals surface area contributed by atoms with Crippen molar-refractivity contribution in [3.63, 3.8) is 0 Å². The molecular formula is C16H15N5OS. The van der Waals surface area contributed by atoms with E-state index < -0.39 is 0 Å². The average molecular weight is 325 g/mol. The van der Waals surface area contributed by atoms with E-state index in [1.54, 1.807) is 36.1 Å². The lowest BCUT2D eigenvalue weighted by Crippen LogP contribution is -2.34. The number of nitrogens with zero attached hydrogens (tertiary/aromatic N) is 3. The van der Waals surface area contributed by atoms with Crippen LogP contribution in [0.2, 0.25) is 0 Å². The summed E-state index contributed by atoms with van der Waals surface area (Å²) in [5.74, 6) is 0. The Morgan fingerprint density at radius 3 is 2.57 bits per heavy atom. The van der Waals surface area contributed by atoms with Crippen molar-refractivity contribution in [2.45, 2.75) is 13.1 Å². The zero-order valence-electron chi connectivity index (χ0n) is 12.3. The summed E-state index contributed by atoms with van der Waals surface area (Å²) in [6, 6.07) is 5.46. The molecule has 6 nitrogen and oxygen atoms in total. The second-order valence-corrected chi connectivity index (χ2v) is 5.54. The molecule has 0 saturated carbocycles. The van der Waals surface area contributed by atoms with E-state index in [4.69, 9.17) is 0 Å². The molecule has 3 heterocycles. The highest BCUT2D eigenvalue weighted by Gasteiger charge is 2.09. The molecule has 0 atom stereocenters. The SMILES string of the molecule is O=C(NCc1ccncc1)NCc1nccnc1-c1ccsc1. The number of carbonyl (C=O) groups excluding carboxylic acids is 1. The van der Waals surface area contributed by atoms with Crippen molar-refractivity contribution in [2.75, 3.05) is 0 Å². The highest BCUT2D eigenvalue weighted by Crippen LogP contribution is 2.21. The topological polar surface area (TPSA) is 79.8 Å². The maximum absolute atomic E-state index is 11.9. The number of amides is 2. The number of pyridine rings is 1. The Bertz CT molecular complexity index is 761. The second-order valence-electron chi connectivity index (χ2n) is 4.76. The molecule has 0 spiro atoms. The van der Waals surface area contributed by atoms with Crippen LogP contribution in [-0.4, -0.2) is 21.0 Å². The Kier molecular flexibility index (Phi) is 4.90. The van der Waals surface area contributed by atoms with Crippen LogP contribution in [0.25, 0.3) is 11.3 Å². The van der Waals surface area contributed by atoms with Gasteiger partial charge in [-0.05, 0) is 29.1 Å². The van der Waals surface area contributed by atoms with E-state index in [-0.39, 0.29) is 6.03 Å². The van der Waals surface area contributed by atoms with Gasteiger partial charge in [-0.25, -0.2) is 4.79 Å². The summed E-state index contributed by atoms with van der Waals surface area (Å²) in [6.45, 7) is 0.771. The van der Waals surface area contributed by atoms with Crippen molar-refractivity contribution in [3.05, 3.63) is 65.0 Å². The van der Waals surface area contributed by atoms with Crippen LogP contribution in [0.5, 0.6) is 0 Å². The summed E-state index contributed by atoms with van der Waals surface area (Å²) >= 11 is 1.60. The van der Waals surface area contributed by atoms with Crippen molar-refractivity contribution in [3.8, 4) is 11.3 Å². The summed E-state index contributed by atoms with van der Waals surface area (Å²) in [7, 11) is 0. The molecule has 0 unspecified atom stereocenters. The average Bonchev–Trinajstić information content (AvgIpc) is 3.14. The van der Waals surface area contributed by atoms with Gasteiger partial charge < -0.3 is 10.6 Å². The predicted octanol–water partition coefficient (Wildman–Crippen LogP) is 2.60. The number of carbonyl (C=O) groups is 1. The Balaban J connectivity index is 1.57. The van der Waals surface area contributed by atoms with Crippen LogP contribution in [0.1, 0.15) is 11.3 Å². The molecule has 116 valence electrons. The van der Waals surface area contributed by atoms with Gasteiger partial charge in [0.25, 0.3) is 0 Å². The first-order chi connectivity index (χ1) is 11.3. The lowest BCUT2D eigenvalue weighted by Gasteiger charge is -2.09. The van der Waals surface area contributed by atoms with Gasteiger partial charge in [-0.2, -0.15) is 11.3 Å². The molecule has 0 radical (unpaired) electrons. The van der Waals surface area contributed by atoms with Gasteiger partial charge in [0.05, 0.1) is 17.9 Å². The molecule has 0 aromatic carbocycles. The third-order valence-electron chi connectivity index (χ3n) is 3.19. The fourth-order valence-electron chi connectivity index (χ4n) is 2.05. The van der Waals surface area contributed by atoms with Crippen molar-refractivity contribution in [1.29, 1.82) is 0 Å². The van der Waals surface area contributed by atoms with Gasteiger partial charge in [0.1, 0.15) is 0 Å². The summed E-state index contributed by atoms with van der Waals surface area (Å²) < 4.78 is 0. The Hall–Kier alpha value is -2.80. The quantitative estimate of drug-likeness (QED) is 0.755. The zero-order valence-corrected chi connectivity index (χ0v) is 13.1. The van der Waals surface area contributed by atoms with Gasteiger partial charge in [0.2, 0.25) is 0 Å². The van der Waals surface area contributed by atoms with Crippen LogP contribution in [0.4, 0.5) is 4.79 Å². The van der Waals surface area contributed by atoms with Crippen LogP contribution < -0.4 is 10.6 Å². The van der Waals surface area contributed by atoms with Crippen molar-refractivity contribution in [1.82, 2.24) is 25.6 Å². The van der Waals surface area contributed by atoms with Gasteiger partial charge >= 0.3 is 6.03 Å². The molecule has 0 fully saturated rings. The van der Waals surface area contributed by atoms with E-state index in [1.165, 1.54) is 0 Å². The molecule has 0 aliphatic heterocycles.